The predicted octanol–water partition coefficient (Wildman–Crippen LogP) is 2.85. The molecule has 1 saturated carbocycles. The summed E-state index contributed by atoms with van der Waals surface area (Å²) in [4.78, 5) is 14.7. The second-order valence-corrected chi connectivity index (χ2v) is 5.20. The summed E-state index contributed by atoms with van der Waals surface area (Å²) in [7, 11) is 0. The average Bonchev–Trinajstić information content (AvgIpc) is 2.34. The molecule has 3 heteroatoms. The van der Waals surface area contributed by atoms with Crippen LogP contribution >= 0.6 is 0 Å². The van der Waals surface area contributed by atoms with Crippen molar-refractivity contribution in [3.63, 3.8) is 0 Å². The first-order valence-corrected chi connectivity index (χ1v) is 6.46. The van der Waals surface area contributed by atoms with Gasteiger partial charge in [-0.05, 0) is 31.8 Å². The number of isocyanates is 1. The van der Waals surface area contributed by atoms with Crippen LogP contribution in [0.1, 0.15) is 45.4 Å². The van der Waals surface area contributed by atoms with E-state index in [1.807, 2.05) is 0 Å². The van der Waals surface area contributed by atoms with Gasteiger partial charge in [0.1, 0.15) is 0 Å². The van der Waals surface area contributed by atoms with E-state index in [9.17, 15) is 4.79 Å². The molecular formula is C14H20N2O. The number of nitrogens with zero attached hydrogens (tertiary/aromatic N) is 1. The predicted molar refractivity (Wildman–Crippen MR) is 68.4 cm³/mol. The molecule has 0 aromatic heterocycles. The fraction of sp³-hybridized carbons (Fsp3) is 0.643. The van der Waals surface area contributed by atoms with Gasteiger partial charge in [0, 0.05) is 12.2 Å². The molecule has 92 valence electrons. The van der Waals surface area contributed by atoms with Crippen molar-refractivity contribution in [3.8, 4) is 0 Å². The molecular weight excluding hydrogens is 212 g/mol. The van der Waals surface area contributed by atoms with E-state index in [-0.39, 0.29) is 5.54 Å². The number of carbonyl (C=O) groups excluding carboxylic acids is 1. The van der Waals surface area contributed by atoms with Gasteiger partial charge in [-0.2, -0.15) is 4.99 Å². The Labute approximate surface area is 103 Å². The van der Waals surface area contributed by atoms with E-state index in [0.717, 1.165) is 19.3 Å². The van der Waals surface area contributed by atoms with Gasteiger partial charge in [-0.25, -0.2) is 4.79 Å². The minimum Gasteiger partial charge on any atom is -0.385 e. The Morgan fingerprint density at radius 1 is 1.47 bits per heavy atom. The van der Waals surface area contributed by atoms with E-state index in [4.69, 9.17) is 0 Å². The second-order valence-electron chi connectivity index (χ2n) is 5.20. The summed E-state index contributed by atoms with van der Waals surface area (Å²) in [6.45, 7) is 2.11. The second kappa shape index (κ2) is 5.33. The van der Waals surface area contributed by atoms with Crippen LogP contribution in [0, 0.1) is 0 Å². The number of nitrogens with one attached hydrogen (secondary N) is 1. The zero-order valence-electron chi connectivity index (χ0n) is 10.4. The van der Waals surface area contributed by atoms with Crippen molar-refractivity contribution in [2.75, 3.05) is 0 Å². The van der Waals surface area contributed by atoms with Crippen molar-refractivity contribution in [1.82, 2.24) is 5.32 Å². The van der Waals surface area contributed by atoms with E-state index in [0.29, 0.717) is 6.04 Å². The molecule has 0 saturated heterocycles. The third-order valence-electron chi connectivity index (χ3n) is 3.73. The van der Waals surface area contributed by atoms with Crippen LogP contribution in [0.2, 0.25) is 0 Å². The van der Waals surface area contributed by atoms with Crippen LogP contribution in [-0.4, -0.2) is 17.7 Å². The highest BCUT2D eigenvalue weighted by Gasteiger charge is 2.32. The Hall–Kier alpha value is -1.34. The monoisotopic (exact) mass is 232 g/mol. The maximum Gasteiger partial charge on any atom is 0.235 e. The van der Waals surface area contributed by atoms with Gasteiger partial charge in [-0.1, -0.05) is 31.4 Å². The number of allylic oxidation sites excluding steroid dienone is 1. The smallest absolute Gasteiger partial charge is 0.235 e. The third kappa shape index (κ3) is 3.07. The Kier molecular flexibility index (Phi) is 3.80. The standard InChI is InChI=1S/C14H20N2O/c1-12-5-6-13(10-15-12)9-14(16-11-17)7-3-2-4-8-14/h5-6,10,12,15H,2-4,7-9H2,1H3. The highest BCUT2D eigenvalue weighted by Crippen LogP contribution is 2.37. The fourth-order valence-corrected chi connectivity index (χ4v) is 2.73. The summed E-state index contributed by atoms with van der Waals surface area (Å²) < 4.78 is 0. The molecule has 17 heavy (non-hydrogen) atoms. The number of hydrogen-bond donors (Lipinski definition) is 1. The lowest BCUT2D eigenvalue weighted by molar-refractivity contribution is 0.296. The first kappa shape index (κ1) is 12.1. The molecule has 3 nitrogen and oxygen atoms in total. The van der Waals surface area contributed by atoms with Crippen LogP contribution in [0.25, 0.3) is 0 Å². The Bertz CT molecular complexity index is 372. The van der Waals surface area contributed by atoms with Gasteiger partial charge >= 0.3 is 0 Å². The van der Waals surface area contributed by atoms with E-state index < -0.39 is 0 Å². The van der Waals surface area contributed by atoms with Crippen LogP contribution in [-0.2, 0) is 4.79 Å². The van der Waals surface area contributed by atoms with Gasteiger partial charge in [0.05, 0.1) is 5.54 Å². The van der Waals surface area contributed by atoms with Crippen LogP contribution in [0.15, 0.2) is 28.9 Å². The molecule has 1 atom stereocenters. The quantitative estimate of drug-likeness (QED) is 0.600. The van der Waals surface area contributed by atoms with E-state index >= 15 is 0 Å². The maximum absolute atomic E-state index is 10.6. The molecule has 0 bridgehead atoms. The van der Waals surface area contributed by atoms with Crippen molar-refractivity contribution in [2.24, 2.45) is 4.99 Å². The molecule has 2 rings (SSSR count). The summed E-state index contributed by atoms with van der Waals surface area (Å²) in [5.41, 5.74) is 1.06. The molecule has 0 aromatic rings. The molecule has 0 radical (unpaired) electrons. The lowest BCUT2D eigenvalue weighted by Crippen LogP contribution is -2.31. The third-order valence-corrected chi connectivity index (χ3v) is 3.73. The molecule has 1 unspecified atom stereocenters. The summed E-state index contributed by atoms with van der Waals surface area (Å²) in [6.07, 6.45) is 14.6. The number of dihydropyridines is 1. The van der Waals surface area contributed by atoms with Crippen molar-refractivity contribution in [2.45, 2.75) is 57.0 Å². The minimum absolute atomic E-state index is 0.182. The first-order valence-electron chi connectivity index (χ1n) is 6.46. The van der Waals surface area contributed by atoms with E-state index in [1.165, 1.54) is 24.8 Å². The minimum atomic E-state index is -0.182. The topological polar surface area (TPSA) is 41.5 Å². The molecule has 2 aliphatic rings. The molecule has 1 fully saturated rings. The zero-order valence-corrected chi connectivity index (χ0v) is 10.4. The summed E-state index contributed by atoms with van der Waals surface area (Å²) in [5, 5.41) is 3.29. The van der Waals surface area contributed by atoms with Crippen molar-refractivity contribution in [3.05, 3.63) is 23.9 Å². The zero-order chi connectivity index (χ0) is 12.1. The highest BCUT2D eigenvalue weighted by molar-refractivity contribution is 5.36. The molecule has 1 heterocycles. The summed E-state index contributed by atoms with van der Waals surface area (Å²) >= 11 is 0. The highest BCUT2D eigenvalue weighted by atomic mass is 16.1. The van der Waals surface area contributed by atoms with Crippen molar-refractivity contribution in [1.29, 1.82) is 0 Å². The van der Waals surface area contributed by atoms with Crippen LogP contribution < -0.4 is 5.32 Å². The van der Waals surface area contributed by atoms with Crippen LogP contribution in [0.5, 0.6) is 0 Å². The Morgan fingerprint density at radius 3 is 2.82 bits per heavy atom. The molecule has 0 aromatic carbocycles. The van der Waals surface area contributed by atoms with Gasteiger partial charge in [0.15, 0.2) is 0 Å². The summed E-state index contributed by atoms with van der Waals surface area (Å²) in [6, 6.07) is 0.399. The lowest BCUT2D eigenvalue weighted by Gasteiger charge is -2.33. The van der Waals surface area contributed by atoms with Crippen molar-refractivity contribution >= 4 is 6.08 Å². The normalized spacial score (nSPS) is 26.6. The fourth-order valence-electron chi connectivity index (χ4n) is 2.73. The molecule has 1 aliphatic carbocycles. The molecule has 1 N–H and O–H groups in total. The Morgan fingerprint density at radius 2 is 2.24 bits per heavy atom. The van der Waals surface area contributed by atoms with E-state index in [2.05, 4.69) is 35.6 Å². The largest absolute Gasteiger partial charge is 0.385 e. The first-order chi connectivity index (χ1) is 8.24. The lowest BCUT2D eigenvalue weighted by atomic mass is 9.77. The maximum atomic E-state index is 10.6. The van der Waals surface area contributed by atoms with Gasteiger partial charge in [0.25, 0.3) is 0 Å². The molecule has 0 spiro atoms. The Balaban J connectivity index is 2.08. The van der Waals surface area contributed by atoms with E-state index in [1.54, 1.807) is 6.08 Å². The van der Waals surface area contributed by atoms with Gasteiger partial charge in [-0.15, -0.1) is 0 Å². The SMILES string of the molecule is CC1C=CC(CC2(N=C=O)CCCCC2)=CN1. The van der Waals surface area contributed by atoms with Crippen LogP contribution in [0.3, 0.4) is 0 Å². The number of aliphatic imine (C=N–C) groups is 1. The van der Waals surface area contributed by atoms with Gasteiger partial charge in [0.2, 0.25) is 6.08 Å². The average molecular weight is 232 g/mol. The van der Waals surface area contributed by atoms with Crippen molar-refractivity contribution < 1.29 is 4.79 Å². The summed E-state index contributed by atoms with van der Waals surface area (Å²) in [5.74, 6) is 0. The van der Waals surface area contributed by atoms with Gasteiger partial charge < -0.3 is 5.32 Å². The van der Waals surface area contributed by atoms with Crippen LogP contribution in [0.4, 0.5) is 0 Å². The molecule has 0 amide bonds. The van der Waals surface area contributed by atoms with Gasteiger partial charge in [-0.3, -0.25) is 0 Å². The number of rotatable bonds is 3. The molecule has 1 aliphatic heterocycles. The number of hydrogen-bond acceptors (Lipinski definition) is 3.